The molecule has 0 unspecified atom stereocenters. The van der Waals surface area contributed by atoms with Crippen LogP contribution >= 0.6 is 34.9 Å². The average molecular weight is 350 g/mol. The van der Waals surface area contributed by atoms with Gasteiger partial charge in [0.25, 0.3) is 0 Å². The molecule has 7 heteroatoms. The Morgan fingerprint density at radius 1 is 1.32 bits per heavy atom. The van der Waals surface area contributed by atoms with Gasteiger partial charge in [-0.05, 0) is 18.2 Å². The van der Waals surface area contributed by atoms with Crippen LogP contribution in [-0.4, -0.2) is 33.0 Å². The molecule has 22 heavy (non-hydrogen) atoms. The predicted molar refractivity (Wildman–Crippen MR) is 94.4 cm³/mol. The number of ketones is 1. The summed E-state index contributed by atoms with van der Waals surface area (Å²) in [6.07, 6.45) is 4.74. The number of aromatic nitrogens is 3. The quantitative estimate of drug-likeness (QED) is 0.532. The molecule has 3 rings (SSSR count). The summed E-state index contributed by atoms with van der Waals surface area (Å²) in [6, 6.07) is 6.10. The molecule has 1 aromatic carbocycles. The molecular weight excluding hydrogens is 334 g/mol. The van der Waals surface area contributed by atoms with E-state index in [1.54, 1.807) is 11.8 Å². The van der Waals surface area contributed by atoms with Crippen molar-refractivity contribution in [2.45, 2.75) is 22.0 Å². The lowest BCUT2D eigenvalue weighted by atomic mass is 10.1. The normalized spacial score (nSPS) is 11.2. The van der Waals surface area contributed by atoms with Crippen LogP contribution in [0.5, 0.6) is 0 Å². The monoisotopic (exact) mass is 349 g/mol. The lowest BCUT2D eigenvalue weighted by Crippen LogP contribution is -2.01. The van der Waals surface area contributed by atoms with Crippen LogP contribution < -0.4 is 0 Å². The number of rotatable bonds is 6. The van der Waals surface area contributed by atoms with Gasteiger partial charge in [-0.3, -0.25) is 4.79 Å². The molecule has 0 amide bonds. The van der Waals surface area contributed by atoms with Crippen LogP contribution in [0.15, 0.2) is 33.1 Å². The van der Waals surface area contributed by atoms with E-state index in [-0.39, 0.29) is 5.78 Å². The van der Waals surface area contributed by atoms with Crippen molar-refractivity contribution in [2.75, 3.05) is 12.0 Å². The molecule has 114 valence electrons. The van der Waals surface area contributed by atoms with Crippen LogP contribution in [0.25, 0.3) is 10.9 Å². The van der Waals surface area contributed by atoms with Crippen molar-refractivity contribution < 1.29 is 4.79 Å². The summed E-state index contributed by atoms with van der Waals surface area (Å²) < 4.78 is 1.77. The van der Waals surface area contributed by atoms with Crippen molar-refractivity contribution in [3.05, 3.63) is 35.5 Å². The summed E-state index contributed by atoms with van der Waals surface area (Å²) in [5.74, 6) is 0.497. The van der Waals surface area contributed by atoms with E-state index in [2.05, 4.69) is 28.2 Å². The van der Waals surface area contributed by atoms with Gasteiger partial charge in [-0.25, -0.2) is 0 Å². The second kappa shape index (κ2) is 6.85. The van der Waals surface area contributed by atoms with E-state index >= 15 is 0 Å². The van der Waals surface area contributed by atoms with Gasteiger partial charge in [0.1, 0.15) is 0 Å². The Kier molecular flexibility index (Phi) is 4.85. The van der Waals surface area contributed by atoms with E-state index in [0.29, 0.717) is 5.75 Å². The van der Waals surface area contributed by atoms with Crippen molar-refractivity contribution in [2.24, 2.45) is 0 Å². The van der Waals surface area contributed by atoms with Crippen molar-refractivity contribution >= 4 is 51.5 Å². The van der Waals surface area contributed by atoms with E-state index in [1.807, 2.05) is 24.6 Å². The highest BCUT2D eigenvalue weighted by Gasteiger charge is 2.15. The van der Waals surface area contributed by atoms with Crippen LogP contribution in [0.2, 0.25) is 0 Å². The number of H-pyrrole nitrogens is 1. The molecule has 4 nitrogen and oxygen atoms in total. The number of aryl methyl sites for hydroxylation is 1. The molecule has 0 fully saturated rings. The van der Waals surface area contributed by atoms with E-state index in [0.717, 1.165) is 31.6 Å². The first-order valence-corrected chi connectivity index (χ1v) is 9.88. The highest BCUT2D eigenvalue weighted by Crippen LogP contribution is 2.29. The average Bonchev–Trinajstić information content (AvgIpc) is 3.18. The maximum Gasteiger partial charge on any atom is 0.175 e. The number of hydrogen-bond acceptors (Lipinski definition) is 6. The first kappa shape index (κ1) is 15.6. The van der Waals surface area contributed by atoms with E-state index in [9.17, 15) is 4.79 Å². The summed E-state index contributed by atoms with van der Waals surface area (Å²) in [5, 5.41) is 9.13. The number of hydrogen-bond donors (Lipinski definition) is 1. The number of nitrogens with zero attached hydrogens (tertiary/aromatic N) is 2. The lowest BCUT2D eigenvalue weighted by Gasteiger charge is -2.00. The minimum Gasteiger partial charge on any atom is -0.360 e. The Labute approximate surface area is 141 Å². The maximum absolute atomic E-state index is 12.5. The second-order valence-corrected chi connectivity index (χ2v) is 7.90. The molecular formula is C15H15N3OS3. The molecule has 0 spiro atoms. The van der Waals surface area contributed by atoms with Crippen LogP contribution in [0.4, 0.5) is 0 Å². The van der Waals surface area contributed by atoms with Crippen molar-refractivity contribution in [1.29, 1.82) is 0 Å². The zero-order valence-electron chi connectivity index (χ0n) is 12.3. The molecule has 0 saturated heterocycles. The highest BCUT2D eigenvalue weighted by molar-refractivity contribution is 8.03. The molecule has 0 bridgehead atoms. The number of thioether (sulfide) groups is 2. The van der Waals surface area contributed by atoms with Gasteiger partial charge in [0.15, 0.2) is 14.5 Å². The van der Waals surface area contributed by atoms with E-state index in [4.69, 9.17) is 0 Å². The van der Waals surface area contributed by atoms with Gasteiger partial charge in [0.05, 0.1) is 5.75 Å². The fraction of sp³-hybridized carbons (Fsp3) is 0.267. The molecule has 0 saturated carbocycles. The number of carbonyl (C=O) groups is 1. The van der Waals surface area contributed by atoms with E-state index in [1.165, 1.54) is 28.7 Å². The van der Waals surface area contributed by atoms with Crippen LogP contribution in [0.1, 0.15) is 22.8 Å². The summed E-state index contributed by atoms with van der Waals surface area (Å²) in [5.41, 5.74) is 3.06. The number of nitrogens with one attached hydrogen (secondary N) is 1. The summed E-state index contributed by atoms with van der Waals surface area (Å²) in [4.78, 5) is 15.7. The Hall–Kier alpha value is -1.31. The summed E-state index contributed by atoms with van der Waals surface area (Å²) in [7, 11) is 0. The van der Waals surface area contributed by atoms with Crippen molar-refractivity contribution in [3.8, 4) is 0 Å². The molecule has 1 N–H and O–H groups in total. The van der Waals surface area contributed by atoms with Crippen LogP contribution in [-0.2, 0) is 6.42 Å². The Bertz CT molecular complexity index is 809. The number of carbonyl (C=O) groups excluding carboxylic acids is 1. The molecule has 0 radical (unpaired) electrons. The third-order valence-electron chi connectivity index (χ3n) is 3.37. The number of aromatic amines is 1. The Balaban J connectivity index is 1.77. The minimum absolute atomic E-state index is 0.116. The number of Topliss-reactive ketones (excluding diaryl/α,β-unsaturated/α-hetero) is 1. The zero-order valence-corrected chi connectivity index (χ0v) is 14.7. The fourth-order valence-corrected chi connectivity index (χ4v) is 4.61. The first-order valence-electron chi connectivity index (χ1n) is 6.85. The van der Waals surface area contributed by atoms with Gasteiger partial charge in [0, 0.05) is 22.7 Å². The topological polar surface area (TPSA) is 58.6 Å². The molecule has 2 heterocycles. The standard InChI is InChI=1S/C15H15N3OS3/c1-3-9-5-4-6-10-11(7-16-13(9)10)12(19)8-21-15-18-17-14(20-2)22-15/h4-7,16H,3,8H2,1-2H3. The van der Waals surface area contributed by atoms with Gasteiger partial charge < -0.3 is 4.98 Å². The predicted octanol–water partition coefficient (Wildman–Crippen LogP) is 4.28. The lowest BCUT2D eigenvalue weighted by molar-refractivity contribution is 0.102. The summed E-state index contributed by atoms with van der Waals surface area (Å²) >= 11 is 4.54. The molecule has 3 aromatic rings. The van der Waals surface area contributed by atoms with E-state index < -0.39 is 0 Å². The van der Waals surface area contributed by atoms with Gasteiger partial charge in [0.2, 0.25) is 0 Å². The van der Waals surface area contributed by atoms with Gasteiger partial charge in [-0.1, -0.05) is 60.0 Å². The van der Waals surface area contributed by atoms with Gasteiger partial charge in [-0.15, -0.1) is 10.2 Å². The third-order valence-corrected chi connectivity index (χ3v) is 6.40. The number of benzene rings is 1. The summed E-state index contributed by atoms with van der Waals surface area (Å²) in [6.45, 7) is 2.12. The molecule has 0 aliphatic heterocycles. The third kappa shape index (κ3) is 3.06. The van der Waals surface area contributed by atoms with Crippen LogP contribution in [0, 0.1) is 0 Å². The first-order chi connectivity index (χ1) is 10.7. The molecule has 2 aromatic heterocycles. The number of fused-ring (bicyclic) bond motifs is 1. The molecule has 0 aliphatic carbocycles. The number of para-hydroxylation sites is 1. The molecule has 0 aliphatic rings. The highest BCUT2D eigenvalue weighted by atomic mass is 32.2. The van der Waals surface area contributed by atoms with Gasteiger partial charge in [-0.2, -0.15) is 0 Å². The second-order valence-electron chi connectivity index (χ2n) is 4.65. The largest absolute Gasteiger partial charge is 0.360 e. The SMILES string of the molecule is CCc1cccc2c(C(=O)CSc3nnc(SC)s3)c[nH]c12. The fourth-order valence-electron chi connectivity index (χ4n) is 2.29. The molecule has 0 atom stereocenters. The maximum atomic E-state index is 12.5. The minimum atomic E-state index is 0.116. The zero-order chi connectivity index (χ0) is 15.5. The van der Waals surface area contributed by atoms with Crippen molar-refractivity contribution in [1.82, 2.24) is 15.2 Å². The van der Waals surface area contributed by atoms with Gasteiger partial charge >= 0.3 is 0 Å². The van der Waals surface area contributed by atoms with Crippen LogP contribution in [0.3, 0.4) is 0 Å². The van der Waals surface area contributed by atoms with Crippen molar-refractivity contribution in [3.63, 3.8) is 0 Å². The smallest absolute Gasteiger partial charge is 0.175 e. The Morgan fingerprint density at radius 3 is 2.86 bits per heavy atom. The Morgan fingerprint density at radius 2 is 2.14 bits per heavy atom.